The summed E-state index contributed by atoms with van der Waals surface area (Å²) < 4.78 is 18.3. The van der Waals surface area contributed by atoms with Crippen LogP contribution in [0.5, 0.6) is 11.5 Å². The highest BCUT2D eigenvalue weighted by Gasteiger charge is 2.47. The lowest BCUT2D eigenvalue weighted by Crippen LogP contribution is -2.50. The van der Waals surface area contributed by atoms with E-state index in [2.05, 4.69) is 47.5 Å². The largest absolute Gasteiger partial charge is 0.542 e. The molecule has 0 fully saturated rings. The summed E-state index contributed by atoms with van der Waals surface area (Å²) in [6.45, 7) is 13.9. The summed E-state index contributed by atoms with van der Waals surface area (Å²) in [5.74, 6) is 4.15. The van der Waals surface area contributed by atoms with E-state index in [9.17, 15) is 4.79 Å². The van der Waals surface area contributed by atoms with Crippen molar-refractivity contribution in [1.29, 1.82) is 0 Å². The minimum atomic E-state index is -2.14. The van der Waals surface area contributed by atoms with Crippen molar-refractivity contribution in [2.75, 3.05) is 0 Å². The van der Waals surface area contributed by atoms with Gasteiger partial charge >= 0.3 is 5.63 Å². The average molecular weight is 449 g/mol. The van der Waals surface area contributed by atoms with E-state index in [4.69, 9.17) is 20.0 Å². The highest BCUT2D eigenvalue weighted by atomic mass is 28.4. The summed E-state index contributed by atoms with van der Waals surface area (Å²) in [6, 6.07) is 14.5. The van der Waals surface area contributed by atoms with E-state index in [0.29, 0.717) is 34.6 Å². The van der Waals surface area contributed by atoms with Crippen LogP contribution >= 0.6 is 0 Å². The molecule has 2 aromatic carbocycles. The second-order valence-corrected chi connectivity index (χ2v) is 14.5. The van der Waals surface area contributed by atoms with Gasteiger partial charge in [-0.1, -0.05) is 47.5 Å². The van der Waals surface area contributed by atoms with Crippen molar-refractivity contribution in [3.63, 3.8) is 0 Å². The predicted molar refractivity (Wildman–Crippen MR) is 133 cm³/mol. The molecule has 0 aliphatic carbocycles. The van der Waals surface area contributed by atoms with Gasteiger partial charge < -0.3 is 13.6 Å². The van der Waals surface area contributed by atoms with Gasteiger partial charge in [-0.25, -0.2) is 4.79 Å². The SMILES string of the molecule is C#Cc1ccc(O[Si](C(C)C)(C(C)C)C(C)C)c(COc2ccc3ccc(=O)oc3c2)c1. The van der Waals surface area contributed by atoms with E-state index >= 15 is 0 Å². The first-order valence-corrected chi connectivity index (χ1v) is 13.3. The number of hydrogen-bond acceptors (Lipinski definition) is 4. The summed E-state index contributed by atoms with van der Waals surface area (Å²) in [5, 5.41) is 0.844. The third kappa shape index (κ3) is 4.76. The molecule has 0 saturated carbocycles. The fraction of sp³-hybridized carbons (Fsp3) is 0.370. The Hall–Kier alpha value is -2.97. The molecule has 3 aromatic rings. The van der Waals surface area contributed by atoms with Crippen molar-refractivity contribution >= 4 is 19.3 Å². The Labute approximate surface area is 191 Å². The molecular formula is C27H32O4Si. The lowest BCUT2D eigenvalue weighted by Gasteiger charge is -2.42. The topological polar surface area (TPSA) is 48.7 Å². The molecule has 0 radical (unpaired) electrons. The predicted octanol–water partition coefficient (Wildman–Crippen LogP) is 6.91. The number of terminal acetylenes is 1. The average Bonchev–Trinajstić information content (AvgIpc) is 2.75. The molecule has 0 N–H and O–H groups in total. The van der Waals surface area contributed by atoms with Gasteiger partial charge in [0.05, 0.1) is 0 Å². The Morgan fingerprint density at radius 2 is 1.59 bits per heavy atom. The van der Waals surface area contributed by atoms with Crippen molar-refractivity contribution in [3.05, 3.63) is 70.1 Å². The van der Waals surface area contributed by atoms with Crippen molar-refractivity contribution in [1.82, 2.24) is 0 Å². The standard InChI is InChI=1S/C27H32O4Si/c1-8-21-9-13-25(31-32(18(2)3,19(4)5)20(6)7)23(15-21)17-29-24-12-10-22-11-14-27(28)30-26(22)16-24/h1,9-16,18-20H,17H2,2-7H3. The van der Waals surface area contributed by atoms with Crippen molar-refractivity contribution in [2.45, 2.75) is 64.8 Å². The first-order valence-electron chi connectivity index (χ1n) is 11.1. The van der Waals surface area contributed by atoms with Gasteiger partial charge in [-0.15, -0.1) is 6.42 Å². The van der Waals surface area contributed by atoms with E-state index in [0.717, 1.165) is 22.3 Å². The van der Waals surface area contributed by atoms with Gasteiger partial charge in [0.15, 0.2) is 0 Å². The van der Waals surface area contributed by atoms with Crippen LogP contribution < -0.4 is 14.8 Å². The summed E-state index contributed by atoms with van der Waals surface area (Å²) >= 11 is 0. The fourth-order valence-corrected chi connectivity index (χ4v) is 10.0. The first kappa shape index (κ1) is 23.7. The van der Waals surface area contributed by atoms with Crippen LogP contribution in [0.25, 0.3) is 11.0 Å². The molecule has 0 saturated heterocycles. The van der Waals surface area contributed by atoms with Crippen LogP contribution in [-0.4, -0.2) is 8.32 Å². The van der Waals surface area contributed by atoms with Gasteiger partial charge in [-0.05, 0) is 53.0 Å². The van der Waals surface area contributed by atoms with Crippen LogP contribution in [-0.2, 0) is 6.61 Å². The molecule has 3 rings (SSSR count). The van der Waals surface area contributed by atoms with E-state index in [1.54, 1.807) is 12.1 Å². The van der Waals surface area contributed by atoms with Crippen molar-refractivity contribution < 1.29 is 13.6 Å². The molecule has 168 valence electrons. The molecule has 0 atom stereocenters. The maximum atomic E-state index is 11.5. The molecule has 0 amide bonds. The smallest absolute Gasteiger partial charge is 0.336 e. The summed E-state index contributed by atoms with van der Waals surface area (Å²) in [4.78, 5) is 11.5. The molecule has 1 aromatic heterocycles. The van der Waals surface area contributed by atoms with Crippen LogP contribution in [0.2, 0.25) is 16.6 Å². The number of hydrogen-bond donors (Lipinski definition) is 0. The van der Waals surface area contributed by atoms with E-state index in [1.807, 2.05) is 30.3 Å². The maximum absolute atomic E-state index is 11.5. The zero-order chi connectivity index (χ0) is 23.5. The Morgan fingerprint density at radius 3 is 2.22 bits per heavy atom. The minimum Gasteiger partial charge on any atom is -0.542 e. The van der Waals surface area contributed by atoms with E-state index < -0.39 is 8.32 Å². The second kappa shape index (κ2) is 9.66. The molecule has 0 spiro atoms. The number of fused-ring (bicyclic) bond motifs is 1. The molecule has 32 heavy (non-hydrogen) atoms. The van der Waals surface area contributed by atoms with Gasteiger partial charge in [0.1, 0.15) is 23.7 Å². The Balaban J connectivity index is 1.94. The van der Waals surface area contributed by atoms with Crippen molar-refractivity contribution in [2.24, 2.45) is 0 Å². The van der Waals surface area contributed by atoms with Crippen molar-refractivity contribution in [3.8, 4) is 23.8 Å². The zero-order valence-corrected chi connectivity index (χ0v) is 20.8. The van der Waals surface area contributed by atoms with Gasteiger partial charge in [0.2, 0.25) is 0 Å². The third-order valence-electron chi connectivity index (χ3n) is 6.21. The van der Waals surface area contributed by atoms with Gasteiger partial charge in [0.25, 0.3) is 8.32 Å². The highest BCUT2D eigenvalue weighted by Crippen LogP contribution is 2.43. The number of benzene rings is 2. The summed E-state index contributed by atoms with van der Waals surface area (Å²) in [6.07, 6.45) is 5.66. The molecule has 0 aliphatic rings. The van der Waals surface area contributed by atoms with Crippen LogP contribution in [0.1, 0.15) is 52.7 Å². The fourth-order valence-electron chi connectivity index (χ4n) is 4.72. The van der Waals surface area contributed by atoms with Crippen LogP contribution in [0, 0.1) is 12.3 Å². The molecule has 0 unspecified atom stereocenters. The minimum absolute atomic E-state index is 0.298. The number of ether oxygens (including phenoxy) is 1. The second-order valence-electron chi connectivity index (χ2n) is 9.13. The zero-order valence-electron chi connectivity index (χ0n) is 19.8. The van der Waals surface area contributed by atoms with Gasteiger partial charge in [-0.3, -0.25) is 0 Å². The monoisotopic (exact) mass is 448 g/mol. The van der Waals surface area contributed by atoms with Crippen LogP contribution in [0.3, 0.4) is 0 Å². The maximum Gasteiger partial charge on any atom is 0.336 e. The van der Waals surface area contributed by atoms with Crippen LogP contribution in [0.4, 0.5) is 0 Å². The Kier molecular flexibility index (Phi) is 7.15. The molecule has 0 bridgehead atoms. The molecule has 0 aliphatic heterocycles. The quantitative estimate of drug-likeness (QED) is 0.213. The Bertz CT molecular complexity index is 1160. The molecular weight excluding hydrogens is 416 g/mol. The summed E-state index contributed by atoms with van der Waals surface area (Å²) in [7, 11) is -2.14. The number of rotatable bonds is 8. The van der Waals surface area contributed by atoms with Crippen LogP contribution in [0.15, 0.2) is 57.7 Å². The lowest BCUT2D eigenvalue weighted by molar-refractivity contribution is 0.301. The van der Waals surface area contributed by atoms with E-state index in [-0.39, 0.29) is 5.63 Å². The normalized spacial score (nSPS) is 11.9. The third-order valence-corrected chi connectivity index (χ3v) is 12.2. The van der Waals surface area contributed by atoms with Gasteiger partial charge in [-0.2, -0.15) is 0 Å². The summed E-state index contributed by atoms with van der Waals surface area (Å²) in [5.41, 5.74) is 3.16. The molecule has 5 heteroatoms. The molecule has 1 heterocycles. The Morgan fingerprint density at radius 1 is 0.938 bits per heavy atom. The molecule has 4 nitrogen and oxygen atoms in total. The lowest BCUT2D eigenvalue weighted by atomic mass is 10.1. The first-order chi connectivity index (χ1) is 15.2. The van der Waals surface area contributed by atoms with Gasteiger partial charge in [0, 0.05) is 28.6 Å². The highest BCUT2D eigenvalue weighted by molar-refractivity contribution is 6.78. The van der Waals surface area contributed by atoms with E-state index in [1.165, 1.54) is 6.07 Å².